The highest BCUT2D eigenvalue weighted by Crippen LogP contribution is 2.30. The molecule has 0 spiro atoms. The highest BCUT2D eigenvalue weighted by Gasteiger charge is 2.20. The molecular formula is C13H24N6O. The molecule has 0 aromatic carbocycles. The van der Waals surface area contributed by atoms with Crippen LogP contribution in [0.5, 0.6) is 0 Å². The minimum Gasteiger partial charge on any atom is -0.355 e. The molecule has 7 nitrogen and oxygen atoms in total. The van der Waals surface area contributed by atoms with E-state index in [0.717, 1.165) is 11.4 Å². The number of rotatable bonds is 7. The predicted molar refractivity (Wildman–Crippen MR) is 80.5 cm³/mol. The lowest BCUT2D eigenvalue weighted by Gasteiger charge is -2.26. The summed E-state index contributed by atoms with van der Waals surface area (Å²) in [5.74, 6) is 7.03. The average Bonchev–Trinajstić information content (AvgIpc) is 2.44. The summed E-state index contributed by atoms with van der Waals surface area (Å²) in [6.07, 6.45) is 1.46. The third-order valence-electron chi connectivity index (χ3n) is 2.97. The lowest BCUT2D eigenvalue weighted by atomic mass is 10.0. The predicted octanol–water partition coefficient (Wildman–Crippen LogP) is 0.848. The van der Waals surface area contributed by atoms with Gasteiger partial charge in [0.25, 0.3) is 0 Å². The summed E-state index contributed by atoms with van der Waals surface area (Å²) in [6.45, 7) is 9.54. The van der Waals surface area contributed by atoms with Gasteiger partial charge in [-0.25, -0.2) is 15.8 Å². The van der Waals surface area contributed by atoms with Crippen molar-refractivity contribution in [1.82, 2.24) is 15.3 Å². The van der Waals surface area contributed by atoms with Crippen molar-refractivity contribution < 1.29 is 4.79 Å². The van der Waals surface area contributed by atoms with Crippen LogP contribution < -0.4 is 21.5 Å². The van der Waals surface area contributed by atoms with Gasteiger partial charge in [0.15, 0.2) is 0 Å². The van der Waals surface area contributed by atoms with E-state index >= 15 is 0 Å². The van der Waals surface area contributed by atoms with E-state index in [4.69, 9.17) is 5.84 Å². The maximum atomic E-state index is 11.8. The Morgan fingerprint density at radius 3 is 2.60 bits per heavy atom. The summed E-state index contributed by atoms with van der Waals surface area (Å²) < 4.78 is 0. The van der Waals surface area contributed by atoms with Crippen molar-refractivity contribution in [3.05, 3.63) is 11.9 Å². The largest absolute Gasteiger partial charge is 0.355 e. The molecule has 0 fully saturated rings. The minimum atomic E-state index is -0.0232. The third kappa shape index (κ3) is 3.80. The van der Waals surface area contributed by atoms with Crippen molar-refractivity contribution in [1.29, 1.82) is 0 Å². The second-order valence-corrected chi connectivity index (χ2v) is 4.73. The van der Waals surface area contributed by atoms with E-state index in [9.17, 15) is 4.79 Å². The van der Waals surface area contributed by atoms with Crippen molar-refractivity contribution in [3.8, 4) is 0 Å². The Morgan fingerprint density at radius 2 is 2.10 bits per heavy atom. The van der Waals surface area contributed by atoms with Crippen molar-refractivity contribution in [2.45, 2.75) is 33.6 Å². The minimum absolute atomic E-state index is 0.0232. The number of amides is 1. The Kier molecular flexibility index (Phi) is 6.17. The zero-order chi connectivity index (χ0) is 15.1. The van der Waals surface area contributed by atoms with Gasteiger partial charge in [-0.3, -0.25) is 4.79 Å². The number of aromatic nitrogens is 2. The van der Waals surface area contributed by atoms with E-state index in [2.05, 4.69) is 20.7 Å². The first kappa shape index (κ1) is 16.2. The van der Waals surface area contributed by atoms with E-state index < -0.39 is 0 Å². The number of anilines is 2. The molecule has 0 aliphatic heterocycles. The van der Waals surface area contributed by atoms with E-state index in [1.165, 1.54) is 6.33 Å². The molecule has 4 N–H and O–H groups in total. The fourth-order valence-corrected chi connectivity index (χ4v) is 2.05. The second kappa shape index (κ2) is 7.64. The number of nitrogen functional groups attached to an aromatic ring is 1. The Hall–Kier alpha value is -1.89. The molecule has 0 radical (unpaired) electrons. The van der Waals surface area contributed by atoms with Crippen LogP contribution in [0.1, 0.15) is 39.2 Å². The number of hydrazine groups is 1. The topological polar surface area (TPSA) is 96.2 Å². The van der Waals surface area contributed by atoms with Crippen LogP contribution in [-0.2, 0) is 4.79 Å². The Bertz CT molecular complexity index is 448. The highest BCUT2D eigenvalue weighted by molar-refractivity contribution is 5.81. The van der Waals surface area contributed by atoms with Crippen LogP contribution in [0.15, 0.2) is 6.33 Å². The fourth-order valence-electron chi connectivity index (χ4n) is 2.05. The van der Waals surface area contributed by atoms with Gasteiger partial charge in [0, 0.05) is 18.7 Å². The molecule has 7 heteroatoms. The molecular weight excluding hydrogens is 256 g/mol. The molecule has 0 aliphatic carbocycles. The van der Waals surface area contributed by atoms with Crippen molar-refractivity contribution in [2.24, 2.45) is 5.84 Å². The molecule has 1 rings (SSSR count). The van der Waals surface area contributed by atoms with Gasteiger partial charge >= 0.3 is 0 Å². The number of nitrogens with zero attached hydrogens (tertiary/aromatic N) is 3. The average molecular weight is 280 g/mol. The molecule has 0 aliphatic rings. The monoisotopic (exact) mass is 280 g/mol. The number of carbonyl (C=O) groups is 1. The van der Waals surface area contributed by atoms with E-state index in [1.807, 2.05) is 32.6 Å². The zero-order valence-corrected chi connectivity index (χ0v) is 12.6. The first-order chi connectivity index (χ1) is 9.54. The molecule has 1 aromatic heterocycles. The number of carbonyl (C=O) groups excluding carboxylic acids is 1. The summed E-state index contributed by atoms with van der Waals surface area (Å²) in [5, 5.41) is 2.79. The summed E-state index contributed by atoms with van der Waals surface area (Å²) in [5.41, 5.74) is 3.51. The lowest BCUT2D eigenvalue weighted by Crippen LogP contribution is -2.38. The first-order valence-electron chi connectivity index (χ1n) is 6.88. The van der Waals surface area contributed by atoms with Gasteiger partial charge in [-0.05, 0) is 19.8 Å². The molecule has 1 amide bonds. The van der Waals surface area contributed by atoms with Gasteiger partial charge in [-0.2, -0.15) is 0 Å². The van der Waals surface area contributed by atoms with Crippen LogP contribution in [0.3, 0.4) is 0 Å². The van der Waals surface area contributed by atoms with Gasteiger partial charge in [0.1, 0.15) is 18.0 Å². The zero-order valence-electron chi connectivity index (χ0n) is 12.6. The number of nitrogens with one attached hydrogen (secondary N) is 2. The van der Waals surface area contributed by atoms with E-state index in [0.29, 0.717) is 18.9 Å². The molecule has 0 saturated heterocycles. The van der Waals surface area contributed by atoms with Gasteiger partial charge in [-0.15, -0.1) is 0 Å². The third-order valence-corrected chi connectivity index (χ3v) is 2.97. The van der Waals surface area contributed by atoms with E-state index in [1.54, 1.807) is 0 Å². The molecule has 0 atom stereocenters. The molecule has 1 heterocycles. The van der Waals surface area contributed by atoms with Gasteiger partial charge in [-0.1, -0.05) is 13.8 Å². The first-order valence-corrected chi connectivity index (χ1v) is 6.88. The standard InChI is InChI=1S/C13H24N6O/c1-5-15-10(20)7-19(6-2)13-11(9(3)4)12(18-14)16-8-17-13/h8-9H,5-7,14H2,1-4H3,(H,15,20)(H,16,17,18). The van der Waals surface area contributed by atoms with Gasteiger partial charge in [0.2, 0.25) is 5.91 Å². The SMILES string of the molecule is CCNC(=O)CN(CC)c1ncnc(NN)c1C(C)C. The van der Waals surface area contributed by atoms with Crippen molar-refractivity contribution in [3.63, 3.8) is 0 Å². The fraction of sp³-hybridized carbons (Fsp3) is 0.615. The Balaban J connectivity index is 3.11. The molecule has 0 unspecified atom stereocenters. The second-order valence-electron chi connectivity index (χ2n) is 4.73. The number of likely N-dealkylation sites (N-methyl/N-ethyl adjacent to an activating group) is 2. The van der Waals surface area contributed by atoms with Crippen molar-refractivity contribution in [2.75, 3.05) is 30.0 Å². The van der Waals surface area contributed by atoms with Crippen LogP contribution >= 0.6 is 0 Å². The maximum absolute atomic E-state index is 11.8. The van der Waals surface area contributed by atoms with E-state index in [-0.39, 0.29) is 18.4 Å². The number of nitrogens with two attached hydrogens (primary N) is 1. The quantitative estimate of drug-likeness (QED) is 0.506. The van der Waals surface area contributed by atoms with Crippen LogP contribution in [0.25, 0.3) is 0 Å². The summed E-state index contributed by atoms with van der Waals surface area (Å²) in [6, 6.07) is 0. The highest BCUT2D eigenvalue weighted by atomic mass is 16.2. The Labute approximate surface area is 119 Å². The number of hydrogen-bond acceptors (Lipinski definition) is 6. The summed E-state index contributed by atoms with van der Waals surface area (Å²) in [7, 11) is 0. The lowest BCUT2D eigenvalue weighted by molar-refractivity contribution is -0.119. The van der Waals surface area contributed by atoms with Crippen LogP contribution in [0, 0.1) is 0 Å². The van der Waals surface area contributed by atoms with Gasteiger partial charge < -0.3 is 15.6 Å². The Morgan fingerprint density at radius 1 is 1.40 bits per heavy atom. The molecule has 0 bridgehead atoms. The normalized spacial score (nSPS) is 10.5. The summed E-state index contributed by atoms with van der Waals surface area (Å²) in [4.78, 5) is 22.2. The number of hydrogen-bond donors (Lipinski definition) is 3. The maximum Gasteiger partial charge on any atom is 0.239 e. The molecule has 0 saturated carbocycles. The molecule has 1 aromatic rings. The molecule has 112 valence electrons. The van der Waals surface area contributed by atoms with Crippen LogP contribution in [0.4, 0.5) is 11.6 Å². The summed E-state index contributed by atoms with van der Waals surface area (Å²) >= 11 is 0. The van der Waals surface area contributed by atoms with Crippen LogP contribution in [0.2, 0.25) is 0 Å². The van der Waals surface area contributed by atoms with Crippen molar-refractivity contribution >= 4 is 17.5 Å². The molecule has 20 heavy (non-hydrogen) atoms. The van der Waals surface area contributed by atoms with Gasteiger partial charge in [0.05, 0.1) is 6.54 Å². The van der Waals surface area contributed by atoms with Crippen LogP contribution in [-0.4, -0.2) is 35.5 Å². The smallest absolute Gasteiger partial charge is 0.239 e.